The topological polar surface area (TPSA) is 46.5 Å². The SMILES string of the molecule is Cc1ccc2c(c1)c1cc(C(F)(F)F)ccc1n2-c1cc(C(C)(C)C)cc(Sc2cc(C(F)(F)F)[nH]n2)n1. The van der Waals surface area contributed by atoms with Gasteiger partial charge in [0, 0.05) is 16.8 Å². The highest BCUT2D eigenvalue weighted by molar-refractivity contribution is 7.99. The molecule has 0 unspecified atom stereocenters. The molecule has 5 aromatic rings. The van der Waals surface area contributed by atoms with Gasteiger partial charge >= 0.3 is 12.4 Å². The molecule has 2 aromatic carbocycles. The Hall–Kier alpha value is -3.47. The average molecular weight is 549 g/mol. The third-order valence-electron chi connectivity index (χ3n) is 6.20. The number of hydrogen-bond donors (Lipinski definition) is 1. The van der Waals surface area contributed by atoms with Crippen LogP contribution in [-0.4, -0.2) is 19.7 Å². The fourth-order valence-corrected chi connectivity index (χ4v) is 5.07. The van der Waals surface area contributed by atoms with Crippen molar-refractivity contribution >= 4 is 33.6 Å². The zero-order chi connectivity index (χ0) is 27.6. The first-order chi connectivity index (χ1) is 17.6. The number of alkyl halides is 6. The molecule has 1 N–H and O–H groups in total. The van der Waals surface area contributed by atoms with Crippen molar-refractivity contribution in [2.24, 2.45) is 0 Å². The summed E-state index contributed by atoms with van der Waals surface area (Å²) in [7, 11) is 0. The van der Waals surface area contributed by atoms with Crippen molar-refractivity contribution in [3.8, 4) is 5.82 Å². The first-order valence-electron chi connectivity index (χ1n) is 11.6. The van der Waals surface area contributed by atoms with Crippen molar-refractivity contribution < 1.29 is 26.3 Å². The van der Waals surface area contributed by atoms with Crippen LogP contribution in [0.25, 0.3) is 27.6 Å². The van der Waals surface area contributed by atoms with Gasteiger partial charge in [0.2, 0.25) is 0 Å². The zero-order valence-corrected chi connectivity index (χ0v) is 21.5. The van der Waals surface area contributed by atoms with Gasteiger partial charge in [-0.05, 0) is 72.1 Å². The summed E-state index contributed by atoms with van der Waals surface area (Å²) in [5, 5.41) is 7.34. The number of fused-ring (bicyclic) bond motifs is 3. The predicted molar refractivity (Wildman–Crippen MR) is 135 cm³/mol. The summed E-state index contributed by atoms with van der Waals surface area (Å²) in [4.78, 5) is 4.72. The molecule has 0 radical (unpaired) electrons. The van der Waals surface area contributed by atoms with Crippen molar-refractivity contribution in [2.75, 3.05) is 0 Å². The lowest BCUT2D eigenvalue weighted by Gasteiger charge is -2.21. The molecule has 3 aromatic heterocycles. The minimum absolute atomic E-state index is 0.0921. The number of halogens is 6. The van der Waals surface area contributed by atoms with Crippen LogP contribution in [0.15, 0.2) is 64.6 Å². The predicted octanol–water partition coefficient (Wildman–Crippen LogP) is 8.70. The summed E-state index contributed by atoms with van der Waals surface area (Å²) in [5.41, 5.74) is 0.869. The summed E-state index contributed by atoms with van der Waals surface area (Å²) in [6.07, 6.45) is -9.06. The van der Waals surface area contributed by atoms with Crippen LogP contribution in [0.5, 0.6) is 0 Å². The third kappa shape index (κ3) is 4.87. The molecule has 0 amide bonds. The maximum Gasteiger partial charge on any atom is 0.432 e. The summed E-state index contributed by atoms with van der Waals surface area (Å²) in [6.45, 7) is 7.83. The second kappa shape index (κ2) is 8.79. The number of H-pyrrole nitrogens is 1. The Bertz CT molecular complexity index is 1670. The monoisotopic (exact) mass is 548 g/mol. The van der Waals surface area contributed by atoms with Gasteiger partial charge in [0.15, 0.2) is 0 Å². The van der Waals surface area contributed by atoms with Gasteiger partial charge < -0.3 is 0 Å². The van der Waals surface area contributed by atoms with Crippen LogP contribution >= 0.6 is 11.8 Å². The van der Waals surface area contributed by atoms with Crippen LogP contribution in [0.2, 0.25) is 0 Å². The first kappa shape index (κ1) is 26.1. The van der Waals surface area contributed by atoms with Crippen LogP contribution in [0, 0.1) is 6.92 Å². The number of rotatable bonds is 3. The molecule has 0 saturated heterocycles. The highest BCUT2D eigenvalue weighted by Crippen LogP contribution is 2.39. The van der Waals surface area contributed by atoms with Crippen molar-refractivity contribution in [2.45, 2.75) is 55.5 Å². The van der Waals surface area contributed by atoms with Gasteiger partial charge in [-0.25, -0.2) is 4.98 Å². The number of benzene rings is 2. The second-order valence-corrected chi connectivity index (χ2v) is 11.1. The van der Waals surface area contributed by atoms with Crippen LogP contribution in [0.3, 0.4) is 0 Å². The lowest BCUT2D eigenvalue weighted by Crippen LogP contribution is -2.13. The van der Waals surface area contributed by atoms with Crippen molar-refractivity contribution in [3.63, 3.8) is 0 Å². The molecular formula is C27H22F6N4S. The molecule has 5 rings (SSSR count). The standard InChI is InChI=1S/C27H22F6N4S/c1-14-5-7-19-17(9-14)18-10-15(26(28,29)30)6-8-20(18)37(19)22-11-16(25(2,3)4)12-23(34-22)38-24-13-21(35-36-24)27(31,32)33/h5-13H,1-4H3,(H,35,36). The average Bonchev–Trinajstić information content (AvgIpc) is 3.40. The van der Waals surface area contributed by atoms with Crippen LogP contribution in [0.4, 0.5) is 26.3 Å². The van der Waals surface area contributed by atoms with Crippen molar-refractivity contribution in [3.05, 3.63) is 77.0 Å². The van der Waals surface area contributed by atoms with Gasteiger partial charge in [-0.3, -0.25) is 9.67 Å². The number of nitrogens with zero attached hydrogens (tertiary/aromatic N) is 3. The van der Waals surface area contributed by atoms with Gasteiger partial charge in [-0.15, -0.1) is 0 Å². The van der Waals surface area contributed by atoms with Crippen LogP contribution in [0.1, 0.15) is 43.2 Å². The van der Waals surface area contributed by atoms with Gasteiger partial charge in [0.25, 0.3) is 0 Å². The van der Waals surface area contributed by atoms with Gasteiger partial charge in [-0.2, -0.15) is 31.4 Å². The quantitative estimate of drug-likeness (QED) is 0.230. The highest BCUT2D eigenvalue weighted by atomic mass is 32.2. The molecule has 0 saturated carbocycles. The van der Waals surface area contributed by atoms with E-state index in [4.69, 9.17) is 4.98 Å². The Labute approximate surface area is 218 Å². The van der Waals surface area contributed by atoms with Gasteiger partial charge in [0.05, 0.1) is 16.6 Å². The minimum Gasteiger partial charge on any atom is -0.294 e. The van der Waals surface area contributed by atoms with Gasteiger partial charge in [-0.1, -0.05) is 32.4 Å². The molecule has 198 valence electrons. The zero-order valence-electron chi connectivity index (χ0n) is 20.7. The van der Waals surface area contributed by atoms with Crippen molar-refractivity contribution in [1.82, 2.24) is 19.7 Å². The normalized spacial score (nSPS) is 13.1. The Kier molecular flexibility index (Phi) is 6.05. The lowest BCUT2D eigenvalue weighted by molar-refractivity contribution is -0.141. The number of pyridine rings is 1. The van der Waals surface area contributed by atoms with E-state index in [2.05, 4.69) is 5.10 Å². The molecule has 38 heavy (non-hydrogen) atoms. The summed E-state index contributed by atoms with van der Waals surface area (Å²) < 4.78 is 81.6. The second-order valence-electron chi connectivity index (χ2n) is 10.1. The fourth-order valence-electron chi connectivity index (χ4n) is 4.26. The molecule has 0 atom stereocenters. The van der Waals surface area contributed by atoms with Gasteiger partial charge in [0.1, 0.15) is 21.6 Å². The maximum atomic E-state index is 13.5. The van der Waals surface area contributed by atoms with E-state index < -0.39 is 23.6 Å². The summed E-state index contributed by atoms with van der Waals surface area (Å²) in [6, 6.07) is 13.7. The van der Waals surface area contributed by atoms with E-state index in [0.717, 1.165) is 41.1 Å². The molecule has 11 heteroatoms. The van der Waals surface area contributed by atoms with E-state index in [-0.39, 0.29) is 10.4 Å². The summed E-state index contributed by atoms with van der Waals surface area (Å²) >= 11 is 0.970. The largest absolute Gasteiger partial charge is 0.432 e. The molecule has 0 spiro atoms. The number of aromatic amines is 1. The Morgan fingerprint density at radius 2 is 1.39 bits per heavy atom. The molecule has 0 fully saturated rings. The number of aromatic nitrogens is 4. The summed E-state index contributed by atoms with van der Waals surface area (Å²) in [5.74, 6) is 0.440. The third-order valence-corrected chi connectivity index (χ3v) is 7.04. The Morgan fingerprint density at radius 3 is 2.00 bits per heavy atom. The molecule has 0 aliphatic rings. The molecular weight excluding hydrogens is 526 g/mol. The van der Waals surface area contributed by atoms with E-state index in [1.807, 2.05) is 57.1 Å². The number of aryl methyl sites for hydroxylation is 1. The minimum atomic E-state index is -4.56. The Balaban J connectivity index is 1.74. The highest BCUT2D eigenvalue weighted by Gasteiger charge is 2.33. The molecule has 0 aliphatic heterocycles. The van der Waals surface area contributed by atoms with E-state index in [0.29, 0.717) is 32.6 Å². The number of nitrogens with one attached hydrogen (secondary N) is 1. The smallest absolute Gasteiger partial charge is 0.294 e. The molecule has 0 bridgehead atoms. The Morgan fingerprint density at radius 1 is 0.737 bits per heavy atom. The maximum absolute atomic E-state index is 13.5. The van der Waals surface area contributed by atoms with Crippen LogP contribution < -0.4 is 0 Å². The fraction of sp³-hybridized carbons (Fsp3) is 0.259. The molecule has 3 heterocycles. The lowest BCUT2D eigenvalue weighted by atomic mass is 9.88. The molecule has 0 aliphatic carbocycles. The van der Waals surface area contributed by atoms with E-state index >= 15 is 0 Å². The number of hydrogen-bond acceptors (Lipinski definition) is 3. The van der Waals surface area contributed by atoms with Crippen LogP contribution in [-0.2, 0) is 17.8 Å². The van der Waals surface area contributed by atoms with E-state index in [1.54, 1.807) is 10.6 Å². The van der Waals surface area contributed by atoms with E-state index in [9.17, 15) is 26.3 Å². The first-order valence-corrected chi connectivity index (χ1v) is 12.4. The van der Waals surface area contributed by atoms with Crippen molar-refractivity contribution in [1.29, 1.82) is 0 Å². The molecule has 4 nitrogen and oxygen atoms in total. The van der Waals surface area contributed by atoms with E-state index in [1.165, 1.54) is 6.07 Å².